The molecule has 0 aliphatic heterocycles. The van der Waals surface area contributed by atoms with E-state index in [1.165, 1.54) is 0 Å². The van der Waals surface area contributed by atoms with Crippen LogP contribution in [0.1, 0.15) is 18.1 Å². The molecule has 0 saturated heterocycles. The number of phenols is 1. The summed E-state index contributed by atoms with van der Waals surface area (Å²) in [7, 11) is 0. The topological polar surface area (TPSA) is 44.0 Å². The smallest absolute Gasteiger partial charge is 0.115 e. The molecule has 0 unspecified atom stereocenters. The number of allylic oxidation sites excluding steroid dienone is 1. The Morgan fingerprint density at radius 1 is 1.16 bits per heavy atom. The van der Waals surface area contributed by atoms with Crippen LogP contribution >= 0.6 is 0 Å². The third-order valence-electron chi connectivity index (χ3n) is 2.92. The molecule has 2 heteroatoms. The Hall–Kier alpha value is -2.53. The molecule has 0 radical (unpaired) electrons. The average Bonchev–Trinajstić information content (AvgIpc) is 2.39. The molecule has 0 saturated carbocycles. The van der Waals surface area contributed by atoms with Crippen molar-refractivity contribution in [2.75, 3.05) is 0 Å². The molecule has 2 aromatic rings. The van der Waals surface area contributed by atoms with Crippen LogP contribution in [-0.2, 0) is 6.42 Å². The third-order valence-corrected chi connectivity index (χ3v) is 2.92. The molecule has 0 fully saturated rings. The van der Waals surface area contributed by atoms with E-state index in [2.05, 4.69) is 12.6 Å². The van der Waals surface area contributed by atoms with Crippen LogP contribution in [0.4, 0.5) is 0 Å². The van der Waals surface area contributed by atoms with Gasteiger partial charge in [-0.2, -0.15) is 5.26 Å². The van der Waals surface area contributed by atoms with Gasteiger partial charge in [0.05, 0.1) is 11.6 Å². The Balaban J connectivity index is 2.42. The van der Waals surface area contributed by atoms with Crippen LogP contribution in [0, 0.1) is 11.3 Å². The summed E-state index contributed by atoms with van der Waals surface area (Å²) in [4.78, 5) is 0. The third kappa shape index (κ3) is 3.02. The van der Waals surface area contributed by atoms with Crippen LogP contribution in [0.5, 0.6) is 5.75 Å². The molecular formula is C17H15NO. The Morgan fingerprint density at radius 3 is 2.37 bits per heavy atom. The predicted octanol–water partition coefficient (Wildman–Crippen LogP) is 4.05. The van der Waals surface area contributed by atoms with Gasteiger partial charge in [-0.1, -0.05) is 36.4 Å². The van der Waals surface area contributed by atoms with Gasteiger partial charge >= 0.3 is 0 Å². The standard InChI is InChI=1S/C17H15NO/c1-12(2)9-14-3-4-15(10-16(14)11-18)13-5-7-17(19)8-6-13/h3-8,10,19H,1,9H2,2H3. The number of rotatable bonds is 3. The molecule has 0 heterocycles. The number of nitrogens with zero attached hydrogens (tertiary/aromatic N) is 1. The fourth-order valence-electron chi connectivity index (χ4n) is 1.99. The maximum Gasteiger partial charge on any atom is 0.115 e. The lowest BCUT2D eigenvalue weighted by atomic mass is 9.96. The maximum absolute atomic E-state index is 9.29. The summed E-state index contributed by atoms with van der Waals surface area (Å²) < 4.78 is 0. The van der Waals surface area contributed by atoms with Crippen molar-refractivity contribution in [2.45, 2.75) is 13.3 Å². The van der Waals surface area contributed by atoms with E-state index in [9.17, 15) is 10.4 Å². The monoisotopic (exact) mass is 249 g/mol. The second-order valence-electron chi connectivity index (χ2n) is 4.66. The average molecular weight is 249 g/mol. The molecule has 0 spiro atoms. The largest absolute Gasteiger partial charge is 0.508 e. The number of benzene rings is 2. The van der Waals surface area contributed by atoms with E-state index in [-0.39, 0.29) is 5.75 Å². The van der Waals surface area contributed by atoms with Crippen molar-refractivity contribution in [3.63, 3.8) is 0 Å². The zero-order valence-electron chi connectivity index (χ0n) is 10.9. The van der Waals surface area contributed by atoms with Crippen molar-refractivity contribution in [1.82, 2.24) is 0 Å². The molecule has 0 amide bonds. The van der Waals surface area contributed by atoms with Crippen LogP contribution in [0.15, 0.2) is 54.6 Å². The molecule has 2 rings (SSSR count). The van der Waals surface area contributed by atoms with Gasteiger partial charge in [-0.3, -0.25) is 0 Å². The lowest BCUT2D eigenvalue weighted by molar-refractivity contribution is 0.475. The number of hydrogen-bond donors (Lipinski definition) is 1. The maximum atomic E-state index is 9.29. The Labute approximate surface area is 113 Å². The van der Waals surface area contributed by atoms with Crippen LogP contribution < -0.4 is 0 Å². The molecule has 94 valence electrons. The molecule has 0 atom stereocenters. The van der Waals surface area contributed by atoms with E-state index in [0.29, 0.717) is 5.56 Å². The molecule has 0 aliphatic rings. The summed E-state index contributed by atoms with van der Waals surface area (Å²) in [6.45, 7) is 5.83. The fraction of sp³-hybridized carbons (Fsp3) is 0.118. The minimum atomic E-state index is 0.239. The summed E-state index contributed by atoms with van der Waals surface area (Å²) in [6, 6.07) is 15.0. The van der Waals surface area contributed by atoms with Gasteiger partial charge in [-0.25, -0.2) is 0 Å². The van der Waals surface area contributed by atoms with Crippen LogP contribution in [-0.4, -0.2) is 5.11 Å². The molecule has 19 heavy (non-hydrogen) atoms. The summed E-state index contributed by atoms with van der Waals surface area (Å²) in [5, 5.41) is 18.5. The highest BCUT2D eigenvalue weighted by molar-refractivity contribution is 5.67. The number of nitriles is 1. The highest BCUT2D eigenvalue weighted by atomic mass is 16.3. The summed E-state index contributed by atoms with van der Waals surface area (Å²) >= 11 is 0. The normalized spacial score (nSPS) is 9.89. The number of aromatic hydroxyl groups is 1. The summed E-state index contributed by atoms with van der Waals surface area (Å²) in [6.07, 6.45) is 0.721. The van der Waals surface area contributed by atoms with Crippen molar-refractivity contribution < 1.29 is 5.11 Å². The zero-order chi connectivity index (χ0) is 13.8. The van der Waals surface area contributed by atoms with Crippen LogP contribution in [0.3, 0.4) is 0 Å². The molecule has 0 bridgehead atoms. The first-order chi connectivity index (χ1) is 9.10. The highest BCUT2D eigenvalue weighted by Crippen LogP contribution is 2.25. The fourth-order valence-corrected chi connectivity index (χ4v) is 1.99. The first kappa shape index (κ1) is 12.9. The van der Waals surface area contributed by atoms with Crippen molar-refractivity contribution >= 4 is 0 Å². The van der Waals surface area contributed by atoms with Crippen molar-refractivity contribution in [3.8, 4) is 22.9 Å². The Morgan fingerprint density at radius 2 is 1.79 bits per heavy atom. The molecule has 2 nitrogen and oxygen atoms in total. The molecule has 1 N–H and O–H groups in total. The van der Waals surface area contributed by atoms with Crippen LogP contribution in [0.25, 0.3) is 11.1 Å². The quantitative estimate of drug-likeness (QED) is 0.834. The van der Waals surface area contributed by atoms with Gasteiger partial charge in [-0.05, 0) is 48.2 Å². The molecule has 2 aromatic carbocycles. The van der Waals surface area contributed by atoms with Gasteiger partial charge in [-0.15, -0.1) is 0 Å². The summed E-state index contributed by atoms with van der Waals surface area (Å²) in [5.41, 5.74) is 4.66. The Bertz CT molecular complexity index is 648. The van der Waals surface area contributed by atoms with E-state index in [1.807, 2.05) is 37.3 Å². The van der Waals surface area contributed by atoms with Gasteiger partial charge in [0.25, 0.3) is 0 Å². The minimum Gasteiger partial charge on any atom is -0.508 e. The van der Waals surface area contributed by atoms with E-state index in [4.69, 9.17) is 0 Å². The first-order valence-electron chi connectivity index (χ1n) is 6.07. The minimum absolute atomic E-state index is 0.239. The molecular weight excluding hydrogens is 234 g/mol. The lowest BCUT2D eigenvalue weighted by Gasteiger charge is -2.07. The lowest BCUT2D eigenvalue weighted by Crippen LogP contribution is -1.92. The van der Waals surface area contributed by atoms with E-state index < -0.39 is 0 Å². The number of hydrogen-bond acceptors (Lipinski definition) is 2. The second kappa shape index (κ2) is 5.41. The van der Waals surface area contributed by atoms with Crippen LogP contribution in [0.2, 0.25) is 0 Å². The van der Waals surface area contributed by atoms with Crippen molar-refractivity contribution in [3.05, 3.63) is 65.7 Å². The Kier molecular flexibility index (Phi) is 3.68. The number of phenolic OH excluding ortho intramolecular Hbond substituents is 1. The van der Waals surface area contributed by atoms with Gasteiger partial charge < -0.3 is 5.11 Å². The van der Waals surface area contributed by atoms with Gasteiger partial charge in [0.1, 0.15) is 5.75 Å². The molecule has 0 aliphatic carbocycles. The SMILES string of the molecule is C=C(C)Cc1ccc(-c2ccc(O)cc2)cc1C#N. The van der Waals surface area contributed by atoms with Gasteiger partial charge in [0.2, 0.25) is 0 Å². The van der Waals surface area contributed by atoms with Crippen molar-refractivity contribution in [2.24, 2.45) is 0 Å². The predicted molar refractivity (Wildman–Crippen MR) is 76.8 cm³/mol. The zero-order valence-corrected chi connectivity index (χ0v) is 10.9. The van der Waals surface area contributed by atoms with Gasteiger partial charge in [0, 0.05) is 0 Å². The van der Waals surface area contributed by atoms with E-state index in [0.717, 1.165) is 28.7 Å². The van der Waals surface area contributed by atoms with E-state index >= 15 is 0 Å². The van der Waals surface area contributed by atoms with Crippen molar-refractivity contribution in [1.29, 1.82) is 5.26 Å². The first-order valence-corrected chi connectivity index (χ1v) is 6.07. The summed E-state index contributed by atoms with van der Waals surface area (Å²) in [5.74, 6) is 0.239. The highest BCUT2D eigenvalue weighted by Gasteiger charge is 2.05. The van der Waals surface area contributed by atoms with Gasteiger partial charge in [0.15, 0.2) is 0 Å². The van der Waals surface area contributed by atoms with E-state index in [1.54, 1.807) is 12.1 Å². The molecule has 0 aromatic heterocycles. The second-order valence-corrected chi connectivity index (χ2v) is 4.66.